The molecule has 0 saturated heterocycles. The fourth-order valence-corrected chi connectivity index (χ4v) is 3.40. The lowest BCUT2D eigenvalue weighted by Crippen LogP contribution is -2.18. The predicted octanol–water partition coefficient (Wildman–Crippen LogP) is 3.64. The van der Waals surface area contributed by atoms with Gasteiger partial charge >= 0.3 is 0 Å². The number of aromatic amines is 1. The molecule has 1 atom stereocenters. The van der Waals surface area contributed by atoms with Crippen molar-refractivity contribution in [3.63, 3.8) is 0 Å². The fourth-order valence-electron chi connectivity index (χ4n) is 3.40. The van der Waals surface area contributed by atoms with E-state index in [1.807, 2.05) is 13.8 Å². The van der Waals surface area contributed by atoms with E-state index in [4.69, 9.17) is 0 Å². The van der Waals surface area contributed by atoms with Crippen molar-refractivity contribution < 1.29 is 4.79 Å². The minimum atomic E-state index is 0.0274. The van der Waals surface area contributed by atoms with Gasteiger partial charge in [-0.15, -0.1) is 0 Å². The molecule has 1 aromatic heterocycles. The predicted molar refractivity (Wildman–Crippen MR) is 76.9 cm³/mol. The van der Waals surface area contributed by atoms with E-state index in [1.54, 1.807) is 0 Å². The lowest BCUT2D eigenvalue weighted by molar-refractivity contribution is -0.117. The van der Waals surface area contributed by atoms with E-state index in [0.29, 0.717) is 0 Å². The number of para-hydroxylation sites is 1. The molecule has 0 fully saturated rings. The molecular formula is C17H15NO. The van der Waals surface area contributed by atoms with Crippen molar-refractivity contribution in [3.05, 3.63) is 52.7 Å². The highest BCUT2D eigenvalue weighted by atomic mass is 16.1. The molecule has 2 aliphatic carbocycles. The van der Waals surface area contributed by atoms with E-state index >= 15 is 0 Å². The molecule has 4 rings (SSSR count). The molecule has 2 aromatic rings. The third kappa shape index (κ3) is 1.29. The standard InChI is InChI=1S/C17H15NO/c1-9-7-13-12(10(2)17(9)19)8-14-11-5-3-4-6-15(11)18-16(13)14/h3-7,10,18H,8H2,1-2H3. The summed E-state index contributed by atoms with van der Waals surface area (Å²) in [6, 6.07) is 8.40. The SMILES string of the molecule is CC1=CC2=C(Cc3c2[nH]c2ccccc32)C(C)C1=O. The first kappa shape index (κ1) is 10.8. The van der Waals surface area contributed by atoms with Gasteiger partial charge in [-0.2, -0.15) is 0 Å². The van der Waals surface area contributed by atoms with Gasteiger partial charge in [0, 0.05) is 16.8 Å². The number of fused-ring (bicyclic) bond motifs is 4. The molecule has 0 amide bonds. The van der Waals surface area contributed by atoms with Crippen LogP contribution in [-0.4, -0.2) is 10.8 Å². The molecule has 2 nitrogen and oxygen atoms in total. The number of hydrogen-bond donors (Lipinski definition) is 1. The Balaban J connectivity index is 1.98. The first-order valence-electron chi connectivity index (χ1n) is 6.72. The highest BCUT2D eigenvalue weighted by molar-refractivity contribution is 6.07. The minimum Gasteiger partial charge on any atom is -0.354 e. The first-order chi connectivity index (χ1) is 9.16. The number of benzene rings is 1. The van der Waals surface area contributed by atoms with Gasteiger partial charge in [0.25, 0.3) is 0 Å². The summed E-state index contributed by atoms with van der Waals surface area (Å²) in [6.07, 6.45) is 2.96. The first-order valence-corrected chi connectivity index (χ1v) is 6.72. The number of nitrogens with one attached hydrogen (secondary N) is 1. The third-order valence-electron chi connectivity index (χ3n) is 4.46. The quantitative estimate of drug-likeness (QED) is 0.759. The normalized spacial score (nSPS) is 21.7. The number of carbonyl (C=O) groups is 1. The average Bonchev–Trinajstić information content (AvgIpc) is 2.93. The lowest BCUT2D eigenvalue weighted by atomic mass is 9.84. The zero-order valence-corrected chi connectivity index (χ0v) is 11.1. The second-order valence-electron chi connectivity index (χ2n) is 5.55. The fraction of sp³-hybridized carbons (Fsp3) is 0.235. The molecule has 19 heavy (non-hydrogen) atoms. The summed E-state index contributed by atoms with van der Waals surface area (Å²) < 4.78 is 0. The van der Waals surface area contributed by atoms with E-state index in [1.165, 1.54) is 33.3 Å². The van der Waals surface area contributed by atoms with Crippen LogP contribution >= 0.6 is 0 Å². The van der Waals surface area contributed by atoms with E-state index in [9.17, 15) is 4.79 Å². The van der Waals surface area contributed by atoms with Gasteiger partial charge in [-0.3, -0.25) is 4.79 Å². The summed E-state index contributed by atoms with van der Waals surface area (Å²) in [4.78, 5) is 15.6. The van der Waals surface area contributed by atoms with Crippen LogP contribution in [0.2, 0.25) is 0 Å². The number of rotatable bonds is 0. The zero-order valence-electron chi connectivity index (χ0n) is 11.1. The van der Waals surface area contributed by atoms with Crippen LogP contribution in [0.15, 0.2) is 41.5 Å². The smallest absolute Gasteiger partial charge is 0.165 e. The number of Topliss-reactive ketones (excluding diaryl/α,β-unsaturated/α-hetero) is 1. The summed E-state index contributed by atoms with van der Waals surface area (Å²) >= 11 is 0. The van der Waals surface area contributed by atoms with Crippen LogP contribution in [-0.2, 0) is 11.2 Å². The highest BCUT2D eigenvalue weighted by Crippen LogP contribution is 2.43. The summed E-state index contributed by atoms with van der Waals surface area (Å²) in [5.41, 5.74) is 7.16. The Morgan fingerprint density at radius 2 is 2.05 bits per heavy atom. The Kier molecular flexibility index (Phi) is 1.97. The number of aromatic nitrogens is 1. The Bertz CT molecular complexity index is 789. The van der Waals surface area contributed by atoms with Gasteiger partial charge in [-0.25, -0.2) is 0 Å². The maximum absolute atomic E-state index is 12.1. The van der Waals surface area contributed by atoms with Crippen LogP contribution in [0.5, 0.6) is 0 Å². The van der Waals surface area contributed by atoms with Crippen LogP contribution in [0.3, 0.4) is 0 Å². The van der Waals surface area contributed by atoms with Crippen LogP contribution in [0.1, 0.15) is 25.1 Å². The van der Waals surface area contributed by atoms with Gasteiger partial charge in [0.1, 0.15) is 0 Å². The molecule has 1 N–H and O–H groups in total. The highest BCUT2D eigenvalue weighted by Gasteiger charge is 2.33. The summed E-state index contributed by atoms with van der Waals surface area (Å²) in [7, 11) is 0. The molecule has 1 aromatic carbocycles. The van der Waals surface area contributed by atoms with E-state index in [-0.39, 0.29) is 11.7 Å². The van der Waals surface area contributed by atoms with Crippen LogP contribution in [0.25, 0.3) is 16.5 Å². The Morgan fingerprint density at radius 1 is 1.26 bits per heavy atom. The van der Waals surface area contributed by atoms with Crippen LogP contribution in [0.4, 0.5) is 0 Å². The second kappa shape index (κ2) is 3.47. The number of carbonyl (C=O) groups excluding carboxylic acids is 1. The van der Waals surface area contributed by atoms with Gasteiger partial charge in [-0.05, 0) is 47.8 Å². The van der Waals surface area contributed by atoms with Gasteiger partial charge in [-0.1, -0.05) is 25.1 Å². The van der Waals surface area contributed by atoms with Gasteiger partial charge < -0.3 is 4.98 Å². The maximum atomic E-state index is 12.1. The van der Waals surface area contributed by atoms with E-state index in [0.717, 1.165) is 12.0 Å². The molecule has 1 unspecified atom stereocenters. The molecule has 2 heteroatoms. The van der Waals surface area contributed by atoms with Gasteiger partial charge in [0.05, 0.1) is 5.69 Å². The van der Waals surface area contributed by atoms with Gasteiger partial charge in [0.15, 0.2) is 5.78 Å². The number of hydrogen-bond acceptors (Lipinski definition) is 1. The van der Waals surface area contributed by atoms with Crippen LogP contribution < -0.4 is 0 Å². The van der Waals surface area contributed by atoms with Crippen molar-refractivity contribution >= 4 is 22.3 Å². The Morgan fingerprint density at radius 3 is 2.89 bits per heavy atom. The average molecular weight is 249 g/mol. The van der Waals surface area contributed by atoms with Crippen molar-refractivity contribution in [1.82, 2.24) is 4.98 Å². The number of ketones is 1. The number of H-pyrrole nitrogens is 1. The lowest BCUT2D eigenvalue weighted by Gasteiger charge is -2.19. The summed E-state index contributed by atoms with van der Waals surface area (Å²) in [5, 5.41) is 1.29. The molecule has 94 valence electrons. The molecule has 0 aliphatic heterocycles. The topological polar surface area (TPSA) is 32.9 Å². The molecule has 0 spiro atoms. The second-order valence-corrected chi connectivity index (χ2v) is 5.55. The Hall–Kier alpha value is -2.09. The molecule has 0 bridgehead atoms. The van der Waals surface area contributed by atoms with Crippen molar-refractivity contribution in [3.8, 4) is 0 Å². The summed E-state index contributed by atoms with van der Waals surface area (Å²) in [6.45, 7) is 3.95. The zero-order chi connectivity index (χ0) is 13.1. The molecule has 1 heterocycles. The maximum Gasteiger partial charge on any atom is 0.165 e. The van der Waals surface area contributed by atoms with Gasteiger partial charge in [0.2, 0.25) is 0 Å². The van der Waals surface area contributed by atoms with Crippen molar-refractivity contribution in [2.75, 3.05) is 0 Å². The molecule has 0 radical (unpaired) electrons. The van der Waals surface area contributed by atoms with Crippen molar-refractivity contribution in [2.45, 2.75) is 20.3 Å². The molecular weight excluding hydrogens is 234 g/mol. The molecule has 0 saturated carbocycles. The van der Waals surface area contributed by atoms with Crippen molar-refractivity contribution in [1.29, 1.82) is 0 Å². The number of allylic oxidation sites excluding steroid dienone is 4. The van der Waals surface area contributed by atoms with Crippen LogP contribution in [0, 0.1) is 5.92 Å². The van der Waals surface area contributed by atoms with Crippen molar-refractivity contribution in [2.24, 2.45) is 5.92 Å². The summed E-state index contributed by atoms with van der Waals surface area (Å²) in [5.74, 6) is 0.299. The Labute approximate surface area is 111 Å². The minimum absolute atomic E-state index is 0.0274. The van der Waals surface area contributed by atoms with E-state index < -0.39 is 0 Å². The largest absolute Gasteiger partial charge is 0.354 e. The monoisotopic (exact) mass is 249 g/mol. The third-order valence-corrected chi connectivity index (χ3v) is 4.46. The van der Waals surface area contributed by atoms with E-state index in [2.05, 4.69) is 35.3 Å². The molecule has 2 aliphatic rings.